The number of carbonyl (C=O) groups is 1. The van der Waals surface area contributed by atoms with E-state index in [4.69, 9.17) is 0 Å². The Hall–Kier alpha value is -2.53. The molecule has 33 heavy (non-hydrogen) atoms. The van der Waals surface area contributed by atoms with Crippen molar-refractivity contribution in [2.45, 2.75) is 36.5 Å². The van der Waals surface area contributed by atoms with Gasteiger partial charge in [0.1, 0.15) is 0 Å². The summed E-state index contributed by atoms with van der Waals surface area (Å²) in [5.74, 6) is -0.384. The van der Waals surface area contributed by atoms with Crippen LogP contribution in [0.1, 0.15) is 32.3 Å². The van der Waals surface area contributed by atoms with E-state index in [0.29, 0.717) is 37.4 Å². The number of hydrogen-bond donors (Lipinski definition) is 1. The average Bonchev–Trinajstić information content (AvgIpc) is 3.35. The molecule has 0 radical (unpaired) electrons. The van der Waals surface area contributed by atoms with E-state index in [1.807, 2.05) is 0 Å². The molecule has 1 aliphatic rings. The fraction of sp³-hybridized carbons (Fsp3) is 0.348. The van der Waals surface area contributed by atoms with Crippen molar-refractivity contribution in [3.8, 4) is 0 Å². The minimum absolute atomic E-state index is 0.205. The molecule has 2 aromatic rings. The minimum Gasteiger partial charge on any atom is -0.323 e. The normalized spacial score (nSPS) is 15.4. The Morgan fingerprint density at radius 1 is 0.909 bits per heavy atom. The molecule has 2 aromatic carbocycles. The Bertz CT molecular complexity index is 1200. The van der Waals surface area contributed by atoms with E-state index in [-0.39, 0.29) is 15.7 Å². The Kier molecular flexibility index (Phi) is 8.06. The number of rotatable bonds is 9. The lowest BCUT2D eigenvalue weighted by Gasteiger charge is -2.18. The summed E-state index contributed by atoms with van der Waals surface area (Å²) in [5.41, 5.74) is 1.15. The highest BCUT2D eigenvalue weighted by molar-refractivity contribution is 7.89. The fourth-order valence-electron chi connectivity index (χ4n) is 3.61. The second-order valence-corrected chi connectivity index (χ2v) is 11.5. The first-order valence-electron chi connectivity index (χ1n) is 10.9. The van der Waals surface area contributed by atoms with Crippen LogP contribution in [-0.4, -0.2) is 57.5 Å². The smallest absolute Gasteiger partial charge is 0.248 e. The maximum absolute atomic E-state index is 12.6. The molecule has 178 valence electrons. The first-order chi connectivity index (χ1) is 15.7. The van der Waals surface area contributed by atoms with Gasteiger partial charge in [-0.25, -0.2) is 16.8 Å². The summed E-state index contributed by atoms with van der Waals surface area (Å²) >= 11 is 0. The molecule has 10 heteroatoms. The summed E-state index contributed by atoms with van der Waals surface area (Å²) < 4.78 is 53.1. The average molecular weight is 492 g/mol. The zero-order valence-electron chi connectivity index (χ0n) is 18.8. The highest BCUT2D eigenvalue weighted by Gasteiger charge is 2.27. The quantitative estimate of drug-likeness (QED) is 0.543. The highest BCUT2D eigenvalue weighted by atomic mass is 32.2. The second kappa shape index (κ2) is 10.6. The summed E-state index contributed by atoms with van der Waals surface area (Å²) in [6, 6.07) is 12.4. The lowest BCUT2D eigenvalue weighted by Crippen LogP contribution is -2.30. The van der Waals surface area contributed by atoms with Gasteiger partial charge in [0.25, 0.3) is 0 Å². The van der Waals surface area contributed by atoms with Crippen LogP contribution in [0.4, 0.5) is 5.69 Å². The van der Waals surface area contributed by atoms with Crippen molar-refractivity contribution in [1.29, 1.82) is 0 Å². The summed E-state index contributed by atoms with van der Waals surface area (Å²) in [6.07, 6.45) is 4.65. The fourth-order valence-corrected chi connectivity index (χ4v) is 6.58. The van der Waals surface area contributed by atoms with Gasteiger partial charge in [0, 0.05) is 37.9 Å². The summed E-state index contributed by atoms with van der Waals surface area (Å²) in [4.78, 5) is 12.7. The number of anilines is 1. The Balaban J connectivity index is 1.62. The van der Waals surface area contributed by atoms with Crippen LogP contribution in [0.15, 0.2) is 64.4 Å². The van der Waals surface area contributed by atoms with E-state index in [1.54, 1.807) is 44.2 Å². The topological polar surface area (TPSA) is 104 Å². The van der Waals surface area contributed by atoms with Crippen molar-refractivity contribution in [2.75, 3.05) is 31.5 Å². The zero-order valence-corrected chi connectivity index (χ0v) is 20.4. The van der Waals surface area contributed by atoms with Gasteiger partial charge in [-0.05, 0) is 60.9 Å². The number of nitrogens with zero attached hydrogens (tertiary/aromatic N) is 2. The van der Waals surface area contributed by atoms with Crippen LogP contribution in [0.3, 0.4) is 0 Å². The molecule has 0 aromatic heterocycles. The van der Waals surface area contributed by atoms with E-state index in [2.05, 4.69) is 5.32 Å². The molecule has 1 aliphatic heterocycles. The number of benzene rings is 2. The summed E-state index contributed by atoms with van der Waals surface area (Å²) in [7, 11) is -7.02. The van der Waals surface area contributed by atoms with Crippen LogP contribution < -0.4 is 5.32 Å². The van der Waals surface area contributed by atoms with Crippen LogP contribution >= 0.6 is 0 Å². The third kappa shape index (κ3) is 5.89. The number of amides is 1. The number of hydrogen-bond acceptors (Lipinski definition) is 5. The third-order valence-electron chi connectivity index (χ3n) is 5.48. The lowest BCUT2D eigenvalue weighted by atomic mass is 10.2. The van der Waals surface area contributed by atoms with Crippen molar-refractivity contribution in [2.24, 2.45) is 0 Å². The SMILES string of the molecule is CCN(CC)S(=O)(=O)c1ccc(/C=C/C(=O)Nc2ccc(S(=O)(=O)N3CCCC3)cc2)cc1. The van der Waals surface area contributed by atoms with Gasteiger partial charge in [-0.3, -0.25) is 4.79 Å². The molecular formula is C23H29N3O5S2. The van der Waals surface area contributed by atoms with Crippen LogP contribution in [0.2, 0.25) is 0 Å². The molecule has 0 atom stereocenters. The molecule has 1 amide bonds. The molecule has 8 nitrogen and oxygen atoms in total. The van der Waals surface area contributed by atoms with E-state index < -0.39 is 20.0 Å². The summed E-state index contributed by atoms with van der Waals surface area (Å²) in [6.45, 7) is 5.44. The molecule has 0 aliphatic carbocycles. The van der Waals surface area contributed by atoms with E-state index in [9.17, 15) is 21.6 Å². The Morgan fingerprint density at radius 2 is 1.45 bits per heavy atom. The maximum Gasteiger partial charge on any atom is 0.248 e. The van der Waals surface area contributed by atoms with Crippen molar-refractivity contribution >= 4 is 37.7 Å². The van der Waals surface area contributed by atoms with Gasteiger partial charge < -0.3 is 5.32 Å². The highest BCUT2D eigenvalue weighted by Crippen LogP contribution is 2.22. The predicted octanol–water partition coefficient (Wildman–Crippen LogP) is 3.15. The zero-order chi connectivity index (χ0) is 24.1. The van der Waals surface area contributed by atoms with Crippen molar-refractivity contribution in [3.05, 3.63) is 60.2 Å². The predicted molar refractivity (Wildman–Crippen MR) is 129 cm³/mol. The molecule has 3 rings (SSSR count). The van der Waals surface area contributed by atoms with Gasteiger partial charge >= 0.3 is 0 Å². The number of nitrogens with one attached hydrogen (secondary N) is 1. The van der Waals surface area contributed by atoms with Gasteiger partial charge in [-0.2, -0.15) is 8.61 Å². The number of sulfonamides is 2. The van der Waals surface area contributed by atoms with E-state index >= 15 is 0 Å². The third-order valence-corrected chi connectivity index (χ3v) is 9.45. The van der Waals surface area contributed by atoms with Gasteiger partial charge in [0.05, 0.1) is 9.79 Å². The second-order valence-electron chi connectivity index (χ2n) is 7.62. The molecule has 1 heterocycles. The molecule has 0 bridgehead atoms. The molecule has 0 unspecified atom stereocenters. The van der Waals surface area contributed by atoms with Gasteiger partial charge in [0.2, 0.25) is 26.0 Å². The Morgan fingerprint density at radius 3 is 2.00 bits per heavy atom. The molecule has 0 spiro atoms. The minimum atomic E-state index is -3.53. The van der Waals surface area contributed by atoms with Crippen molar-refractivity contribution in [1.82, 2.24) is 8.61 Å². The van der Waals surface area contributed by atoms with Gasteiger partial charge in [0.15, 0.2) is 0 Å². The first-order valence-corrected chi connectivity index (χ1v) is 13.8. The van der Waals surface area contributed by atoms with Crippen molar-refractivity contribution < 1.29 is 21.6 Å². The van der Waals surface area contributed by atoms with Gasteiger partial charge in [-0.1, -0.05) is 26.0 Å². The lowest BCUT2D eigenvalue weighted by molar-refractivity contribution is -0.111. The summed E-state index contributed by atoms with van der Waals surface area (Å²) in [5, 5.41) is 2.69. The van der Waals surface area contributed by atoms with Crippen LogP contribution in [0.25, 0.3) is 6.08 Å². The molecule has 1 saturated heterocycles. The molecular weight excluding hydrogens is 462 g/mol. The van der Waals surface area contributed by atoms with Gasteiger partial charge in [-0.15, -0.1) is 0 Å². The van der Waals surface area contributed by atoms with E-state index in [1.165, 1.54) is 39.0 Å². The van der Waals surface area contributed by atoms with E-state index in [0.717, 1.165) is 12.8 Å². The monoisotopic (exact) mass is 491 g/mol. The molecule has 0 saturated carbocycles. The number of carbonyl (C=O) groups excluding carboxylic acids is 1. The van der Waals surface area contributed by atoms with Crippen LogP contribution in [0.5, 0.6) is 0 Å². The van der Waals surface area contributed by atoms with Crippen LogP contribution in [-0.2, 0) is 24.8 Å². The Labute approximate surface area is 196 Å². The van der Waals surface area contributed by atoms with Crippen molar-refractivity contribution in [3.63, 3.8) is 0 Å². The first kappa shape index (κ1) is 25.1. The molecule has 1 fully saturated rings. The largest absolute Gasteiger partial charge is 0.323 e. The maximum atomic E-state index is 12.6. The van der Waals surface area contributed by atoms with Crippen LogP contribution in [0, 0.1) is 0 Å². The standard InChI is InChI=1S/C23H29N3O5S2/c1-3-25(4-2)32(28,29)21-12-7-19(8-13-21)9-16-23(27)24-20-10-14-22(15-11-20)33(30,31)26-17-5-6-18-26/h7-16H,3-6,17-18H2,1-2H3,(H,24,27)/b16-9+. The molecule has 1 N–H and O–H groups in total.